The van der Waals surface area contributed by atoms with Crippen molar-refractivity contribution in [3.05, 3.63) is 29.3 Å². The van der Waals surface area contributed by atoms with E-state index in [9.17, 15) is 5.11 Å². The molecule has 1 aromatic rings. The van der Waals surface area contributed by atoms with Gasteiger partial charge in [0.15, 0.2) is 0 Å². The highest BCUT2D eigenvalue weighted by Crippen LogP contribution is 2.23. The molecule has 0 heterocycles. The van der Waals surface area contributed by atoms with Crippen molar-refractivity contribution in [1.82, 2.24) is 0 Å². The molecule has 1 radical (unpaired) electrons. The Kier molecular flexibility index (Phi) is 3.49. The van der Waals surface area contributed by atoms with Gasteiger partial charge in [-0.1, -0.05) is 0 Å². The normalized spacial score (nSPS) is 14.9. The lowest BCUT2D eigenvalue weighted by Crippen LogP contribution is -2.29. The van der Waals surface area contributed by atoms with Crippen molar-refractivity contribution in [1.29, 1.82) is 0 Å². The number of rotatable bonds is 3. The minimum atomic E-state index is -1.19. The van der Waals surface area contributed by atoms with Gasteiger partial charge in [0.1, 0.15) is 11.9 Å². The summed E-state index contributed by atoms with van der Waals surface area (Å²) in [6.45, 7) is 5.21. The topological polar surface area (TPSA) is 49.7 Å². The third-order valence-corrected chi connectivity index (χ3v) is 1.97. The molecular formula is C11H15O3. The fourth-order valence-electron chi connectivity index (χ4n) is 1.14. The van der Waals surface area contributed by atoms with Gasteiger partial charge in [-0.3, -0.25) is 0 Å². The van der Waals surface area contributed by atoms with Gasteiger partial charge in [0.2, 0.25) is 6.29 Å². The highest BCUT2D eigenvalue weighted by atomic mass is 16.6. The minimum Gasteiger partial charge on any atom is -0.462 e. The Morgan fingerprint density at radius 1 is 1.21 bits per heavy atom. The van der Waals surface area contributed by atoms with Gasteiger partial charge in [0.25, 0.3) is 0 Å². The van der Waals surface area contributed by atoms with E-state index in [0.29, 0.717) is 5.75 Å². The summed E-state index contributed by atoms with van der Waals surface area (Å²) in [5.74, 6) is 0.608. The minimum absolute atomic E-state index is 0.608. The van der Waals surface area contributed by atoms with E-state index >= 15 is 0 Å². The Morgan fingerprint density at radius 2 is 1.71 bits per heavy atom. The lowest BCUT2D eigenvalue weighted by Gasteiger charge is -2.18. The van der Waals surface area contributed by atoms with Crippen molar-refractivity contribution in [2.24, 2.45) is 0 Å². The summed E-state index contributed by atoms with van der Waals surface area (Å²) in [4.78, 5) is 0. The lowest BCUT2D eigenvalue weighted by molar-refractivity contribution is -0.0964. The first-order valence-electron chi connectivity index (χ1n) is 4.52. The fraction of sp³-hybridized carbons (Fsp3) is 0.455. The lowest BCUT2D eigenvalue weighted by atomic mass is 10.1. The van der Waals surface area contributed by atoms with E-state index in [1.54, 1.807) is 12.1 Å². The number of aryl methyl sites for hydroxylation is 2. The van der Waals surface area contributed by atoms with Crippen LogP contribution >= 0.6 is 0 Å². The van der Waals surface area contributed by atoms with E-state index in [1.807, 2.05) is 13.8 Å². The van der Waals surface area contributed by atoms with Crippen LogP contribution in [0.15, 0.2) is 12.1 Å². The van der Waals surface area contributed by atoms with Crippen LogP contribution in [0.4, 0.5) is 0 Å². The smallest absolute Gasteiger partial charge is 0.223 e. The zero-order valence-electron chi connectivity index (χ0n) is 8.61. The molecule has 0 spiro atoms. The molecule has 0 aromatic heterocycles. The highest BCUT2D eigenvalue weighted by Gasteiger charge is 2.14. The average Bonchev–Trinajstić information content (AvgIpc) is 2.11. The van der Waals surface area contributed by atoms with Gasteiger partial charge in [0, 0.05) is 0 Å². The number of ether oxygens (including phenoxy) is 1. The molecule has 0 bridgehead atoms. The molecule has 0 aliphatic rings. The van der Waals surface area contributed by atoms with Crippen molar-refractivity contribution in [2.75, 3.05) is 0 Å². The van der Waals surface area contributed by atoms with Crippen molar-refractivity contribution >= 4 is 0 Å². The molecule has 14 heavy (non-hydrogen) atoms. The van der Waals surface area contributed by atoms with Crippen LogP contribution < -0.4 is 4.74 Å². The predicted octanol–water partition coefficient (Wildman–Crippen LogP) is 1.18. The summed E-state index contributed by atoms with van der Waals surface area (Å²) < 4.78 is 5.22. The third-order valence-electron chi connectivity index (χ3n) is 1.97. The van der Waals surface area contributed by atoms with E-state index in [2.05, 4.69) is 6.07 Å². The van der Waals surface area contributed by atoms with Crippen molar-refractivity contribution < 1.29 is 14.9 Å². The maximum absolute atomic E-state index is 9.35. The Labute approximate surface area is 84.0 Å². The molecule has 77 valence electrons. The Balaban J connectivity index is 2.85. The number of aliphatic hydroxyl groups excluding tert-OH is 2. The quantitative estimate of drug-likeness (QED) is 0.712. The number of hydrogen-bond donors (Lipinski definition) is 2. The molecule has 0 saturated heterocycles. The Morgan fingerprint density at radius 3 is 2.14 bits per heavy atom. The maximum Gasteiger partial charge on any atom is 0.223 e. The van der Waals surface area contributed by atoms with E-state index < -0.39 is 12.4 Å². The van der Waals surface area contributed by atoms with Crippen LogP contribution in [0.1, 0.15) is 18.1 Å². The molecule has 1 rings (SSSR count). The molecule has 0 amide bonds. The number of hydrogen-bond acceptors (Lipinski definition) is 3. The first-order valence-corrected chi connectivity index (χ1v) is 4.52. The monoisotopic (exact) mass is 195 g/mol. The van der Waals surface area contributed by atoms with Gasteiger partial charge in [0.05, 0.1) is 0 Å². The molecule has 0 aliphatic heterocycles. The summed E-state index contributed by atoms with van der Waals surface area (Å²) in [6.07, 6.45) is -2.09. The van der Waals surface area contributed by atoms with Crippen LogP contribution in [0.25, 0.3) is 0 Å². The standard InChI is InChI=1S/C11H15O3/c1-7-5-4-6-8(2)10(7)14-11(13)9(3)12/h5-6,9,11-13H,1-3H3/t9?,11-/m1/s1. The second-order valence-corrected chi connectivity index (χ2v) is 3.40. The van der Waals surface area contributed by atoms with Crippen LogP contribution in [0, 0.1) is 19.9 Å². The second kappa shape index (κ2) is 4.44. The first-order chi connectivity index (χ1) is 6.52. The maximum atomic E-state index is 9.35. The van der Waals surface area contributed by atoms with Crippen molar-refractivity contribution in [3.63, 3.8) is 0 Å². The van der Waals surface area contributed by atoms with Crippen LogP contribution in [0.5, 0.6) is 5.75 Å². The molecular weight excluding hydrogens is 180 g/mol. The summed E-state index contributed by atoms with van der Waals surface area (Å²) in [5, 5.41) is 18.4. The second-order valence-electron chi connectivity index (χ2n) is 3.40. The summed E-state index contributed by atoms with van der Waals surface area (Å²) >= 11 is 0. The van der Waals surface area contributed by atoms with Gasteiger partial charge < -0.3 is 14.9 Å². The molecule has 0 fully saturated rings. The largest absolute Gasteiger partial charge is 0.462 e. The van der Waals surface area contributed by atoms with Gasteiger partial charge in [-0.2, -0.15) is 0 Å². The van der Waals surface area contributed by atoms with E-state index in [1.165, 1.54) is 6.92 Å². The predicted molar refractivity (Wildman–Crippen MR) is 53.1 cm³/mol. The summed E-state index contributed by atoms with van der Waals surface area (Å²) in [5.41, 5.74) is 1.79. The van der Waals surface area contributed by atoms with Crippen LogP contribution in [-0.4, -0.2) is 22.6 Å². The van der Waals surface area contributed by atoms with Crippen LogP contribution in [-0.2, 0) is 0 Å². The molecule has 3 heteroatoms. The molecule has 1 unspecified atom stereocenters. The SMILES string of the molecule is Cc1c[c]cc(C)c1O[C@@H](O)C(C)O. The van der Waals surface area contributed by atoms with E-state index in [4.69, 9.17) is 9.84 Å². The summed E-state index contributed by atoms with van der Waals surface area (Å²) in [7, 11) is 0. The molecule has 0 aliphatic carbocycles. The van der Waals surface area contributed by atoms with Crippen LogP contribution in [0.3, 0.4) is 0 Å². The molecule has 2 N–H and O–H groups in total. The average molecular weight is 195 g/mol. The Hall–Kier alpha value is -1.06. The summed E-state index contributed by atoms with van der Waals surface area (Å²) in [6, 6.07) is 6.50. The van der Waals surface area contributed by atoms with Crippen LogP contribution in [0.2, 0.25) is 0 Å². The highest BCUT2D eigenvalue weighted by molar-refractivity contribution is 5.39. The van der Waals surface area contributed by atoms with Gasteiger partial charge in [-0.15, -0.1) is 0 Å². The number of benzene rings is 1. The van der Waals surface area contributed by atoms with Crippen molar-refractivity contribution in [2.45, 2.75) is 33.2 Å². The van der Waals surface area contributed by atoms with E-state index in [-0.39, 0.29) is 0 Å². The van der Waals surface area contributed by atoms with E-state index in [0.717, 1.165) is 11.1 Å². The number of aliphatic hydroxyl groups is 2. The Bertz CT molecular complexity index is 287. The molecule has 2 atom stereocenters. The van der Waals surface area contributed by atoms with Crippen molar-refractivity contribution in [3.8, 4) is 5.75 Å². The first kappa shape index (κ1) is 11.0. The molecule has 0 saturated carbocycles. The zero-order valence-corrected chi connectivity index (χ0v) is 8.61. The fourth-order valence-corrected chi connectivity index (χ4v) is 1.14. The van der Waals surface area contributed by atoms with Gasteiger partial charge in [-0.25, -0.2) is 0 Å². The zero-order chi connectivity index (χ0) is 10.7. The van der Waals surface area contributed by atoms with Gasteiger partial charge >= 0.3 is 0 Å². The third kappa shape index (κ3) is 2.47. The molecule has 3 nitrogen and oxygen atoms in total. The van der Waals surface area contributed by atoms with Gasteiger partial charge in [-0.05, 0) is 50.1 Å². The molecule has 1 aromatic carbocycles.